The van der Waals surface area contributed by atoms with Gasteiger partial charge in [-0.05, 0) is 58.8 Å². The molecule has 2 aliphatic rings. The fourth-order valence-corrected chi connectivity index (χ4v) is 5.30. The number of alkyl carbamates (subject to hydrolysis) is 1. The van der Waals surface area contributed by atoms with Gasteiger partial charge in [0.2, 0.25) is 5.91 Å². The van der Waals surface area contributed by atoms with Crippen molar-refractivity contribution in [2.24, 2.45) is 0 Å². The van der Waals surface area contributed by atoms with E-state index in [9.17, 15) is 14.7 Å². The van der Waals surface area contributed by atoms with Gasteiger partial charge in [-0.25, -0.2) is 9.78 Å². The van der Waals surface area contributed by atoms with Crippen molar-refractivity contribution in [1.82, 2.24) is 20.5 Å². The molecule has 2 atom stereocenters. The number of thiazole rings is 1. The molecule has 174 valence electrons. The molecule has 2 aromatic rings. The van der Waals surface area contributed by atoms with Gasteiger partial charge in [-0.15, -0.1) is 11.3 Å². The highest BCUT2D eigenvalue weighted by Crippen LogP contribution is 2.36. The number of H-pyrrole nitrogens is 1. The number of carbonyl (C=O) groups excluding carboxylic acids is 2. The Kier molecular flexibility index (Phi) is 6.80. The van der Waals surface area contributed by atoms with E-state index in [4.69, 9.17) is 4.74 Å². The maximum Gasteiger partial charge on any atom is 0.407 e. The van der Waals surface area contributed by atoms with Crippen molar-refractivity contribution in [2.75, 3.05) is 5.32 Å². The molecule has 4 rings (SSSR count). The Hall–Kier alpha value is -2.46. The Balaban J connectivity index is 1.21. The molecule has 32 heavy (non-hydrogen) atoms. The highest BCUT2D eigenvalue weighted by Gasteiger charge is 2.32. The number of anilines is 1. The van der Waals surface area contributed by atoms with Crippen LogP contribution in [0.4, 0.5) is 10.6 Å². The van der Waals surface area contributed by atoms with Gasteiger partial charge in [0.05, 0.1) is 17.0 Å². The van der Waals surface area contributed by atoms with Crippen LogP contribution in [0.15, 0.2) is 12.3 Å². The Morgan fingerprint density at radius 2 is 2.09 bits per heavy atom. The first-order chi connectivity index (χ1) is 15.3. The molecule has 1 unspecified atom stereocenters. The molecule has 4 N–H and O–H groups in total. The second-order valence-corrected chi connectivity index (χ2v) is 10.6. The van der Waals surface area contributed by atoms with Gasteiger partial charge >= 0.3 is 6.09 Å². The summed E-state index contributed by atoms with van der Waals surface area (Å²) in [6.07, 6.45) is 6.80. The highest BCUT2D eigenvalue weighted by molar-refractivity contribution is 7.11. The Morgan fingerprint density at radius 1 is 1.31 bits per heavy atom. The van der Waals surface area contributed by atoms with E-state index in [1.165, 1.54) is 11.3 Å². The zero-order valence-electron chi connectivity index (χ0n) is 18.5. The smallest absolute Gasteiger partial charge is 0.407 e. The van der Waals surface area contributed by atoms with Crippen LogP contribution in [0.1, 0.15) is 73.4 Å². The molecule has 0 radical (unpaired) electrons. The molecule has 2 saturated carbocycles. The Morgan fingerprint density at radius 3 is 2.81 bits per heavy atom. The molecule has 2 aromatic heterocycles. The number of rotatable bonds is 6. The number of aromatic nitrogens is 3. The molecule has 2 heterocycles. The third kappa shape index (κ3) is 6.07. The van der Waals surface area contributed by atoms with Gasteiger partial charge in [0.15, 0.2) is 5.82 Å². The lowest BCUT2D eigenvalue weighted by molar-refractivity contribution is -0.115. The van der Waals surface area contributed by atoms with Gasteiger partial charge in [0, 0.05) is 34.8 Å². The third-order valence-electron chi connectivity index (χ3n) is 6.35. The van der Waals surface area contributed by atoms with Gasteiger partial charge in [0.25, 0.3) is 0 Å². The third-order valence-corrected chi connectivity index (χ3v) is 7.26. The van der Waals surface area contributed by atoms with Crippen LogP contribution in [-0.4, -0.2) is 50.0 Å². The van der Waals surface area contributed by atoms with Crippen LogP contribution in [0.25, 0.3) is 0 Å². The standard InChI is InChI=1S/C22H31N5O4S/c1-13-23-12-17(32-13)10-20(28)25-19-11-18(26-27-19)14-3-4-16(9-14)31-21(29)24-15-5-7-22(2,30)8-6-15/h11-12,14-16,30H,3-10H2,1-2H3,(H,24,29)(H2,25,26,27,28)/t14-,15?,16?,22?/m1/s1. The number of ether oxygens (including phenoxy) is 1. The van der Waals surface area contributed by atoms with Crippen molar-refractivity contribution in [3.63, 3.8) is 0 Å². The van der Waals surface area contributed by atoms with Gasteiger partial charge in [-0.1, -0.05) is 0 Å². The minimum Gasteiger partial charge on any atom is -0.446 e. The van der Waals surface area contributed by atoms with Crippen LogP contribution < -0.4 is 10.6 Å². The summed E-state index contributed by atoms with van der Waals surface area (Å²) in [6.45, 7) is 3.75. The largest absolute Gasteiger partial charge is 0.446 e. The van der Waals surface area contributed by atoms with Gasteiger partial charge in [0.1, 0.15) is 6.10 Å². The van der Waals surface area contributed by atoms with E-state index in [-0.39, 0.29) is 36.5 Å². The number of carbonyl (C=O) groups is 2. The van der Waals surface area contributed by atoms with Crippen LogP contribution in [0.5, 0.6) is 0 Å². The van der Waals surface area contributed by atoms with Gasteiger partial charge in [-0.3, -0.25) is 9.89 Å². The average Bonchev–Trinajstić information content (AvgIpc) is 3.45. The highest BCUT2D eigenvalue weighted by atomic mass is 32.1. The lowest BCUT2D eigenvalue weighted by Crippen LogP contribution is -2.43. The van der Waals surface area contributed by atoms with Crippen molar-refractivity contribution in [3.05, 3.63) is 27.8 Å². The van der Waals surface area contributed by atoms with E-state index in [0.717, 1.165) is 47.7 Å². The molecular weight excluding hydrogens is 430 g/mol. The predicted octanol–water partition coefficient (Wildman–Crippen LogP) is 3.41. The van der Waals surface area contributed by atoms with E-state index in [1.807, 2.05) is 19.9 Å². The fraction of sp³-hybridized carbons (Fsp3) is 0.636. The van der Waals surface area contributed by atoms with Crippen LogP contribution >= 0.6 is 11.3 Å². The first-order valence-corrected chi connectivity index (χ1v) is 12.0. The lowest BCUT2D eigenvalue weighted by atomic mass is 9.84. The van der Waals surface area contributed by atoms with Gasteiger partial charge < -0.3 is 20.5 Å². The average molecular weight is 462 g/mol. The van der Waals surface area contributed by atoms with E-state index in [1.54, 1.807) is 6.20 Å². The Labute approximate surface area is 191 Å². The number of hydrogen-bond acceptors (Lipinski definition) is 7. The van der Waals surface area contributed by atoms with E-state index >= 15 is 0 Å². The van der Waals surface area contributed by atoms with Crippen molar-refractivity contribution in [1.29, 1.82) is 0 Å². The number of aromatic amines is 1. The molecule has 0 spiro atoms. The molecule has 0 aromatic carbocycles. The number of nitrogens with zero attached hydrogens (tertiary/aromatic N) is 2. The molecular formula is C22H31N5O4S. The maximum absolute atomic E-state index is 12.3. The maximum atomic E-state index is 12.3. The van der Waals surface area contributed by atoms with Crippen LogP contribution in [0.3, 0.4) is 0 Å². The first kappa shape index (κ1) is 22.7. The minimum absolute atomic E-state index is 0.0626. The summed E-state index contributed by atoms with van der Waals surface area (Å²) in [7, 11) is 0. The molecule has 10 heteroatoms. The summed E-state index contributed by atoms with van der Waals surface area (Å²) >= 11 is 1.51. The molecule has 0 bridgehead atoms. The quantitative estimate of drug-likeness (QED) is 0.522. The van der Waals surface area contributed by atoms with Crippen molar-refractivity contribution in [3.8, 4) is 0 Å². The van der Waals surface area contributed by atoms with Gasteiger partial charge in [-0.2, -0.15) is 5.10 Å². The van der Waals surface area contributed by atoms with Crippen LogP contribution in [0.2, 0.25) is 0 Å². The summed E-state index contributed by atoms with van der Waals surface area (Å²) < 4.78 is 5.64. The normalized spacial score (nSPS) is 27.8. The summed E-state index contributed by atoms with van der Waals surface area (Å²) in [5, 5.41) is 24.0. The van der Waals surface area contributed by atoms with Crippen molar-refractivity contribution >= 4 is 29.2 Å². The minimum atomic E-state index is -0.622. The second kappa shape index (κ2) is 9.58. The van der Waals surface area contributed by atoms with Crippen LogP contribution in [-0.2, 0) is 16.0 Å². The topological polar surface area (TPSA) is 129 Å². The monoisotopic (exact) mass is 461 g/mol. The number of amides is 2. The summed E-state index contributed by atoms with van der Waals surface area (Å²) in [4.78, 5) is 29.6. The number of nitrogens with one attached hydrogen (secondary N) is 3. The van der Waals surface area contributed by atoms with E-state index < -0.39 is 5.60 Å². The molecule has 0 aliphatic heterocycles. The van der Waals surface area contributed by atoms with E-state index in [0.29, 0.717) is 18.7 Å². The summed E-state index contributed by atoms with van der Waals surface area (Å²) in [5.41, 5.74) is 0.318. The fourth-order valence-electron chi connectivity index (χ4n) is 4.51. The Bertz CT molecular complexity index is 946. The molecule has 2 aliphatic carbocycles. The number of hydrogen-bond donors (Lipinski definition) is 4. The zero-order chi connectivity index (χ0) is 22.7. The number of aliphatic hydroxyl groups is 1. The van der Waals surface area contributed by atoms with E-state index in [2.05, 4.69) is 25.8 Å². The summed E-state index contributed by atoms with van der Waals surface area (Å²) in [5.74, 6) is 0.585. The predicted molar refractivity (Wildman–Crippen MR) is 121 cm³/mol. The zero-order valence-corrected chi connectivity index (χ0v) is 19.3. The first-order valence-electron chi connectivity index (χ1n) is 11.2. The molecule has 2 fully saturated rings. The molecule has 0 saturated heterocycles. The molecule has 9 nitrogen and oxygen atoms in total. The van der Waals surface area contributed by atoms with Crippen molar-refractivity contribution < 1.29 is 19.4 Å². The molecule has 2 amide bonds. The lowest BCUT2D eigenvalue weighted by Gasteiger charge is -2.33. The summed E-state index contributed by atoms with van der Waals surface area (Å²) in [6, 6.07) is 1.92. The number of aryl methyl sites for hydroxylation is 1. The van der Waals surface area contributed by atoms with Crippen molar-refractivity contribution in [2.45, 2.75) is 88.9 Å². The second-order valence-electron chi connectivity index (χ2n) is 9.23. The van der Waals surface area contributed by atoms with Crippen LogP contribution in [0, 0.1) is 6.92 Å². The SMILES string of the molecule is Cc1ncc(CC(=O)Nc2cc([C@@H]3CCC(OC(=O)NC4CCC(C)(O)CC4)C3)[nH]n2)s1.